The third-order valence-electron chi connectivity index (χ3n) is 3.21. The van der Waals surface area contributed by atoms with Crippen LogP contribution in [0.5, 0.6) is 0 Å². The van der Waals surface area contributed by atoms with Crippen LogP contribution in [0.2, 0.25) is 0 Å². The molecule has 0 radical (unpaired) electrons. The smallest absolute Gasteiger partial charge is 0.133 e. The molecule has 0 aliphatic rings. The van der Waals surface area contributed by atoms with Crippen LogP contribution < -0.4 is 0 Å². The van der Waals surface area contributed by atoms with E-state index in [9.17, 15) is 0 Å². The van der Waals surface area contributed by atoms with Crippen molar-refractivity contribution in [1.29, 1.82) is 0 Å². The molecule has 0 fully saturated rings. The van der Waals surface area contributed by atoms with Crippen LogP contribution in [0.3, 0.4) is 0 Å². The second-order valence-corrected chi connectivity index (χ2v) is 4.80. The van der Waals surface area contributed by atoms with Crippen molar-refractivity contribution in [2.24, 2.45) is 0 Å². The minimum absolute atomic E-state index is 0.127. The van der Waals surface area contributed by atoms with Crippen molar-refractivity contribution in [3.8, 4) is 0 Å². The molecule has 3 aromatic heterocycles. The van der Waals surface area contributed by atoms with Crippen molar-refractivity contribution in [1.82, 2.24) is 0 Å². The summed E-state index contributed by atoms with van der Waals surface area (Å²) in [4.78, 5) is 0. The minimum atomic E-state index is -0.127. The zero-order valence-electron chi connectivity index (χ0n) is 11.3. The van der Waals surface area contributed by atoms with Gasteiger partial charge in [0.15, 0.2) is 0 Å². The predicted octanol–water partition coefficient (Wildman–Crippen LogP) is 4.57. The van der Waals surface area contributed by atoms with Gasteiger partial charge in [0.2, 0.25) is 0 Å². The van der Waals surface area contributed by atoms with Gasteiger partial charge in [-0.05, 0) is 56.7 Å². The second kappa shape index (κ2) is 4.50. The van der Waals surface area contributed by atoms with Crippen molar-refractivity contribution < 1.29 is 13.3 Å². The molecule has 1 atom stereocenters. The maximum atomic E-state index is 5.84. The van der Waals surface area contributed by atoms with Crippen molar-refractivity contribution in [2.45, 2.75) is 26.7 Å². The molecule has 0 amide bonds. The van der Waals surface area contributed by atoms with E-state index in [2.05, 4.69) is 0 Å². The number of aryl methyl sites for hydroxylation is 3. The molecule has 3 aromatic rings. The average Bonchev–Trinajstić information content (AvgIpc) is 3.05. The van der Waals surface area contributed by atoms with E-state index in [4.69, 9.17) is 13.3 Å². The van der Waals surface area contributed by atoms with E-state index in [1.54, 1.807) is 6.26 Å². The molecular weight excluding hydrogens is 240 g/mol. The monoisotopic (exact) mass is 256 g/mol. The third-order valence-corrected chi connectivity index (χ3v) is 3.21. The standard InChI is InChI=1S/C16H16O3/c1-10-9-12(3)19-16(10)15(13-5-4-8-17-13)14-7-6-11(2)18-14/h4-9,15H,1-3H3. The maximum Gasteiger partial charge on any atom is 0.133 e. The summed E-state index contributed by atoms with van der Waals surface area (Å²) in [5.74, 6) is 4.19. The highest BCUT2D eigenvalue weighted by Gasteiger charge is 2.27. The maximum absolute atomic E-state index is 5.84. The second-order valence-electron chi connectivity index (χ2n) is 4.80. The number of rotatable bonds is 3. The Labute approximate surface area is 111 Å². The molecule has 0 aliphatic carbocycles. The van der Waals surface area contributed by atoms with Crippen LogP contribution in [-0.2, 0) is 0 Å². The Morgan fingerprint density at radius 1 is 0.895 bits per heavy atom. The van der Waals surface area contributed by atoms with Crippen molar-refractivity contribution in [2.75, 3.05) is 0 Å². The van der Waals surface area contributed by atoms with Gasteiger partial charge in [-0.15, -0.1) is 0 Å². The molecule has 0 saturated carbocycles. The molecule has 1 unspecified atom stereocenters. The van der Waals surface area contributed by atoms with Crippen LogP contribution in [0.15, 0.2) is 49.8 Å². The lowest BCUT2D eigenvalue weighted by atomic mass is 9.98. The largest absolute Gasteiger partial charge is 0.468 e. The van der Waals surface area contributed by atoms with Gasteiger partial charge in [0.25, 0.3) is 0 Å². The van der Waals surface area contributed by atoms with Gasteiger partial charge in [-0.3, -0.25) is 0 Å². The van der Waals surface area contributed by atoms with Gasteiger partial charge < -0.3 is 13.3 Å². The Morgan fingerprint density at radius 2 is 1.74 bits per heavy atom. The number of furan rings is 3. The van der Waals surface area contributed by atoms with Gasteiger partial charge in [-0.2, -0.15) is 0 Å². The summed E-state index contributed by atoms with van der Waals surface area (Å²) in [6.45, 7) is 5.92. The fourth-order valence-corrected chi connectivity index (χ4v) is 2.41. The van der Waals surface area contributed by atoms with Gasteiger partial charge in [0.1, 0.15) is 34.7 Å². The first-order valence-corrected chi connectivity index (χ1v) is 6.32. The highest BCUT2D eigenvalue weighted by Crippen LogP contribution is 2.36. The molecule has 98 valence electrons. The van der Waals surface area contributed by atoms with Gasteiger partial charge in [0, 0.05) is 0 Å². The molecule has 3 nitrogen and oxygen atoms in total. The van der Waals surface area contributed by atoms with E-state index in [1.165, 1.54) is 0 Å². The minimum Gasteiger partial charge on any atom is -0.468 e. The zero-order chi connectivity index (χ0) is 13.4. The first kappa shape index (κ1) is 11.9. The molecule has 0 N–H and O–H groups in total. The Hall–Kier alpha value is -2.16. The topological polar surface area (TPSA) is 39.4 Å². The fourth-order valence-electron chi connectivity index (χ4n) is 2.41. The number of hydrogen-bond donors (Lipinski definition) is 0. The summed E-state index contributed by atoms with van der Waals surface area (Å²) in [5, 5.41) is 0. The Bertz CT molecular complexity index is 671. The van der Waals surface area contributed by atoms with E-state index in [0.717, 1.165) is 34.4 Å². The summed E-state index contributed by atoms with van der Waals surface area (Å²) in [6, 6.07) is 9.78. The summed E-state index contributed by atoms with van der Waals surface area (Å²) in [6.07, 6.45) is 1.67. The van der Waals surface area contributed by atoms with E-state index < -0.39 is 0 Å². The summed E-state index contributed by atoms with van der Waals surface area (Å²) < 4.78 is 17.2. The quantitative estimate of drug-likeness (QED) is 0.689. The average molecular weight is 256 g/mol. The van der Waals surface area contributed by atoms with Crippen LogP contribution >= 0.6 is 0 Å². The summed E-state index contributed by atoms with van der Waals surface area (Å²) in [5.41, 5.74) is 1.10. The van der Waals surface area contributed by atoms with E-state index in [0.29, 0.717) is 0 Å². The lowest BCUT2D eigenvalue weighted by Gasteiger charge is -2.10. The molecular formula is C16H16O3. The molecule has 3 heteroatoms. The van der Waals surface area contributed by atoms with Gasteiger partial charge in [-0.25, -0.2) is 0 Å². The molecule has 0 bridgehead atoms. The van der Waals surface area contributed by atoms with Crippen molar-refractivity contribution >= 4 is 0 Å². The highest BCUT2D eigenvalue weighted by atomic mass is 16.4. The normalized spacial score (nSPS) is 12.8. The molecule has 19 heavy (non-hydrogen) atoms. The van der Waals surface area contributed by atoms with Crippen LogP contribution in [0, 0.1) is 20.8 Å². The lowest BCUT2D eigenvalue weighted by molar-refractivity contribution is 0.391. The lowest BCUT2D eigenvalue weighted by Crippen LogP contribution is -2.01. The predicted molar refractivity (Wildman–Crippen MR) is 71.3 cm³/mol. The molecule has 0 aromatic carbocycles. The number of hydrogen-bond acceptors (Lipinski definition) is 3. The van der Waals surface area contributed by atoms with Gasteiger partial charge >= 0.3 is 0 Å². The van der Waals surface area contributed by atoms with E-state index >= 15 is 0 Å². The van der Waals surface area contributed by atoms with Gasteiger partial charge in [-0.1, -0.05) is 0 Å². The Morgan fingerprint density at radius 3 is 2.26 bits per heavy atom. The Kier molecular flexibility index (Phi) is 2.82. The molecule has 0 aliphatic heterocycles. The molecule has 0 spiro atoms. The van der Waals surface area contributed by atoms with Crippen LogP contribution in [-0.4, -0.2) is 0 Å². The van der Waals surface area contributed by atoms with Crippen LogP contribution in [0.4, 0.5) is 0 Å². The molecule has 3 rings (SSSR count). The van der Waals surface area contributed by atoms with Crippen LogP contribution in [0.25, 0.3) is 0 Å². The van der Waals surface area contributed by atoms with E-state index in [1.807, 2.05) is 51.1 Å². The highest BCUT2D eigenvalue weighted by molar-refractivity contribution is 5.35. The Balaban J connectivity index is 2.14. The summed E-state index contributed by atoms with van der Waals surface area (Å²) >= 11 is 0. The van der Waals surface area contributed by atoms with Crippen LogP contribution in [0.1, 0.15) is 40.3 Å². The van der Waals surface area contributed by atoms with E-state index in [-0.39, 0.29) is 5.92 Å². The first-order valence-electron chi connectivity index (χ1n) is 6.32. The third kappa shape index (κ3) is 2.12. The van der Waals surface area contributed by atoms with Crippen molar-refractivity contribution in [3.63, 3.8) is 0 Å². The fraction of sp³-hybridized carbons (Fsp3) is 0.250. The SMILES string of the molecule is Cc1ccc(C(c2ccco2)c2oc(C)cc2C)o1. The molecule has 3 heterocycles. The zero-order valence-corrected chi connectivity index (χ0v) is 11.3. The molecule has 0 saturated heterocycles. The van der Waals surface area contributed by atoms with Gasteiger partial charge in [0.05, 0.1) is 6.26 Å². The summed E-state index contributed by atoms with van der Waals surface area (Å²) in [7, 11) is 0. The first-order chi connectivity index (χ1) is 9.15. The van der Waals surface area contributed by atoms with Crippen molar-refractivity contribution in [3.05, 3.63) is 71.0 Å².